The van der Waals surface area contributed by atoms with Crippen molar-refractivity contribution in [3.05, 3.63) is 113 Å². The highest BCUT2D eigenvalue weighted by Crippen LogP contribution is 2.30. The Labute approximate surface area is 227 Å². The van der Waals surface area contributed by atoms with E-state index in [1.165, 1.54) is 54.7 Å². The van der Waals surface area contributed by atoms with E-state index in [9.17, 15) is 22.8 Å². The van der Waals surface area contributed by atoms with Crippen LogP contribution in [0.3, 0.4) is 0 Å². The second-order valence-corrected chi connectivity index (χ2v) is 9.40. The highest BCUT2D eigenvalue weighted by atomic mass is 19.3. The van der Waals surface area contributed by atoms with Gasteiger partial charge in [-0.2, -0.15) is 0 Å². The van der Waals surface area contributed by atoms with Crippen LogP contribution in [0.5, 0.6) is 5.75 Å². The van der Waals surface area contributed by atoms with Crippen LogP contribution in [0.4, 0.5) is 28.4 Å². The van der Waals surface area contributed by atoms with Gasteiger partial charge in [-0.3, -0.25) is 14.5 Å². The number of carbonyl (C=O) groups excluding carboxylic acids is 2. The minimum Gasteiger partial charge on any atom is -0.410 e. The first-order chi connectivity index (χ1) is 18.7. The third-order valence-electron chi connectivity index (χ3n) is 6.46. The summed E-state index contributed by atoms with van der Waals surface area (Å²) in [6.07, 6.45) is 2.05. The Morgan fingerprint density at radius 1 is 0.950 bits per heavy atom. The lowest BCUT2D eigenvalue weighted by Gasteiger charge is -2.13. The number of fused-ring (bicyclic) bond motifs is 1. The molecule has 10 heteroatoms. The number of nitrogens with one attached hydrogen (secondary N) is 2. The minimum atomic E-state index is -2.96. The minimum absolute atomic E-state index is 0. The number of alkyl halides is 2. The number of hydrogen-bond donors (Lipinski definition) is 2. The average molecular weight is 552 g/mol. The number of rotatable bonds is 6. The van der Waals surface area contributed by atoms with Crippen molar-refractivity contribution in [2.24, 2.45) is 0 Å². The van der Waals surface area contributed by atoms with Crippen molar-refractivity contribution in [1.29, 1.82) is 0 Å². The normalized spacial score (nSPS) is 14.1. The summed E-state index contributed by atoms with van der Waals surface area (Å²) in [6, 6.07) is 19.5. The Kier molecular flexibility index (Phi) is 8.18. The number of carbonyl (C=O) groups is 2. The second kappa shape index (κ2) is 11.6. The van der Waals surface area contributed by atoms with E-state index in [-0.39, 0.29) is 22.1 Å². The lowest BCUT2D eigenvalue weighted by molar-refractivity contribution is 0.0175. The van der Waals surface area contributed by atoms with Gasteiger partial charge in [0.1, 0.15) is 11.6 Å². The zero-order chi connectivity index (χ0) is 27.6. The van der Waals surface area contributed by atoms with E-state index in [0.29, 0.717) is 35.3 Å². The molecule has 1 aliphatic carbocycles. The van der Waals surface area contributed by atoms with Crippen molar-refractivity contribution >= 4 is 17.7 Å². The van der Waals surface area contributed by atoms with Gasteiger partial charge < -0.3 is 15.4 Å². The molecule has 4 aromatic rings. The maximum atomic E-state index is 13.6. The standard InChI is InChI=1S/C30H24F3N3O3.FH/c1-30(32,33)21-7-4-18(5-8-21)27-26(3-2-14-34-27)28(37)35-23-11-6-19-15-24(17-20(19)16-23)36-29(38)39-25-12-9-22(31)10-13-25;/h2-14,16,24H,15,17H2,1H3,(H,35,37)(H,36,38);1H. The van der Waals surface area contributed by atoms with Crippen molar-refractivity contribution in [3.63, 3.8) is 0 Å². The Morgan fingerprint density at radius 2 is 1.65 bits per heavy atom. The zero-order valence-corrected chi connectivity index (χ0v) is 21.3. The third-order valence-corrected chi connectivity index (χ3v) is 6.46. The lowest BCUT2D eigenvalue weighted by atomic mass is 10.0. The Hall–Kier alpha value is -4.73. The molecule has 206 valence electrons. The molecule has 5 rings (SSSR count). The first-order valence-electron chi connectivity index (χ1n) is 12.3. The molecular weight excluding hydrogens is 526 g/mol. The van der Waals surface area contributed by atoms with Gasteiger partial charge in [-0.25, -0.2) is 18.0 Å². The third kappa shape index (κ3) is 6.45. The molecule has 0 bridgehead atoms. The van der Waals surface area contributed by atoms with Crippen LogP contribution in [0, 0.1) is 5.82 Å². The SMILES string of the molecule is CC(F)(F)c1ccc(-c2ncccc2C(=O)Nc2ccc3c(c2)CC(NC(=O)Oc2ccc(F)cc2)C3)cc1.F. The van der Waals surface area contributed by atoms with Gasteiger partial charge in [-0.1, -0.05) is 30.3 Å². The predicted octanol–water partition coefficient (Wildman–Crippen LogP) is 6.66. The van der Waals surface area contributed by atoms with E-state index < -0.39 is 23.7 Å². The van der Waals surface area contributed by atoms with Crippen LogP contribution in [0.1, 0.15) is 34.0 Å². The molecule has 2 amide bonds. The number of anilines is 1. The lowest BCUT2D eigenvalue weighted by Crippen LogP contribution is -2.37. The number of aromatic nitrogens is 1. The number of nitrogens with zero attached hydrogens (tertiary/aromatic N) is 1. The molecule has 0 saturated heterocycles. The number of benzene rings is 3. The molecular formula is C30H25F4N3O3. The largest absolute Gasteiger partial charge is 0.412 e. The van der Waals surface area contributed by atoms with Gasteiger partial charge in [-0.05, 0) is 72.5 Å². The fourth-order valence-electron chi connectivity index (χ4n) is 4.54. The Morgan fingerprint density at radius 3 is 2.35 bits per heavy atom. The number of amides is 2. The van der Waals surface area contributed by atoms with E-state index >= 15 is 0 Å². The molecule has 1 atom stereocenters. The first-order valence-corrected chi connectivity index (χ1v) is 12.3. The summed E-state index contributed by atoms with van der Waals surface area (Å²) < 4.78 is 45.5. The maximum absolute atomic E-state index is 13.6. The number of ether oxygens (including phenoxy) is 1. The summed E-state index contributed by atoms with van der Waals surface area (Å²) in [7, 11) is 0. The molecule has 0 aliphatic heterocycles. The molecule has 0 spiro atoms. The zero-order valence-electron chi connectivity index (χ0n) is 21.3. The molecule has 0 fully saturated rings. The second-order valence-electron chi connectivity index (χ2n) is 9.40. The van der Waals surface area contributed by atoms with Gasteiger partial charge >= 0.3 is 6.09 Å². The van der Waals surface area contributed by atoms with Gasteiger partial charge in [0.15, 0.2) is 0 Å². The van der Waals surface area contributed by atoms with Crippen LogP contribution < -0.4 is 15.4 Å². The van der Waals surface area contributed by atoms with Crippen molar-refractivity contribution in [1.82, 2.24) is 10.3 Å². The Balaban J connectivity index is 0.00000370. The summed E-state index contributed by atoms with van der Waals surface area (Å²) in [6.45, 7) is 0.830. The average Bonchev–Trinajstić information content (AvgIpc) is 3.31. The van der Waals surface area contributed by atoms with Crippen LogP contribution in [0.15, 0.2) is 85.1 Å². The Bertz CT molecular complexity index is 1520. The van der Waals surface area contributed by atoms with Crippen LogP contribution in [0.25, 0.3) is 11.3 Å². The van der Waals surface area contributed by atoms with E-state index in [4.69, 9.17) is 4.74 Å². The monoisotopic (exact) mass is 551 g/mol. The molecule has 0 radical (unpaired) electrons. The number of hydrogen-bond acceptors (Lipinski definition) is 4. The molecule has 40 heavy (non-hydrogen) atoms. The van der Waals surface area contributed by atoms with Gasteiger partial charge in [0.25, 0.3) is 11.8 Å². The van der Waals surface area contributed by atoms with E-state index in [0.717, 1.165) is 18.1 Å². The molecule has 3 aromatic carbocycles. The molecule has 2 N–H and O–H groups in total. The van der Waals surface area contributed by atoms with Crippen molar-refractivity contribution < 1.29 is 32.2 Å². The van der Waals surface area contributed by atoms with Gasteiger partial charge in [0.2, 0.25) is 0 Å². The van der Waals surface area contributed by atoms with Crippen molar-refractivity contribution in [2.45, 2.75) is 31.7 Å². The van der Waals surface area contributed by atoms with Crippen LogP contribution in [0.2, 0.25) is 0 Å². The highest BCUT2D eigenvalue weighted by molar-refractivity contribution is 6.08. The smallest absolute Gasteiger partial charge is 0.410 e. The fourth-order valence-corrected chi connectivity index (χ4v) is 4.54. The van der Waals surface area contributed by atoms with Crippen molar-refractivity contribution in [3.8, 4) is 17.0 Å². The number of halogens is 4. The molecule has 6 nitrogen and oxygen atoms in total. The van der Waals surface area contributed by atoms with Gasteiger partial charge in [0, 0.05) is 36.0 Å². The molecule has 0 saturated carbocycles. The van der Waals surface area contributed by atoms with E-state index in [2.05, 4.69) is 15.6 Å². The summed E-state index contributed by atoms with van der Waals surface area (Å²) in [5.74, 6) is -3.54. The van der Waals surface area contributed by atoms with Crippen LogP contribution >= 0.6 is 0 Å². The van der Waals surface area contributed by atoms with Crippen LogP contribution in [-0.4, -0.2) is 23.0 Å². The number of pyridine rings is 1. The summed E-state index contributed by atoms with van der Waals surface area (Å²) in [5.41, 5.74) is 3.69. The van der Waals surface area contributed by atoms with Crippen molar-refractivity contribution in [2.75, 3.05) is 5.32 Å². The quantitative estimate of drug-likeness (QED) is 0.263. The maximum Gasteiger partial charge on any atom is 0.412 e. The van der Waals surface area contributed by atoms with E-state index in [1.807, 2.05) is 12.1 Å². The molecule has 1 heterocycles. The summed E-state index contributed by atoms with van der Waals surface area (Å²) in [4.78, 5) is 29.7. The molecule has 1 aromatic heterocycles. The fraction of sp³-hybridized carbons (Fsp3) is 0.167. The molecule has 1 aliphatic rings. The highest BCUT2D eigenvalue weighted by Gasteiger charge is 2.26. The summed E-state index contributed by atoms with van der Waals surface area (Å²) >= 11 is 0. The van der Waals surface area contributed by atoms with Crippen LogP contribution in [-0.2, 0) is 18.8 Å². The predicted molar refractivity (Wildman–Crippen MR) is 143 cm³/mol. The summed E-state index contributed by atoms with van der Waals surface area (Å²) in [5, 5.41) is 5.70. The topological polar surface area (TPSA) is 80.3 Å². The van der Waals surface area contributed by atoms with Gasteiger partial charge in [-0.15, -0.1) is 0 Å². The van der Waals surface area contributed by atoms with E-state index in [1.54, 1.807) is 18.2 Å². The van der Waals surface area contributed by atoms with Gasteiger partial charge in [0.05, 0.1) is 11.3 Å². The molecule has 1 unspecified atom stereocenters. The first kappa shape index (κ1) is 28.3.